The molecule has 0 amide bonds. The van der Waals surface area contributed by atoms with Gasteiger partial charge in [0.2, 0.25) is 0 Å². The second-order valence-corrected chi connectivity index (χ2v) is 4.61. The van der Waals surface area contributed by atoms with Crippen LogP contribution in [-0.4, -0.2) is 24.7 Å². The van der Waals surface area contributed by atoms with Gasteiger partial charge in [0.25, 0.3) is 0 Å². The van der Waals surface area contributed by atoms with Crippen molar-refractivity contribution in [2.75, 3.05) is 0 Å². The van der Waals surface area contributed by atoms with E-state index in [4.69, 9.17) is 4.76 Å². The van der Waals surface area contributed by atoms with E-state index in [0.717, 1.165) is 5.56 Å². The summed E-state index contributed by atoms with van der Waals surface area (Å²) in [4.78, 5) is 0. The first-order chi connectivity index (χ1) is 10.4. The molecule has 0 aromatic heterocycles. The second kappa shape index (κ2) is 5.38. The van der Waals surface area contributed by atoms with Crippen LogP contribution in [0.5, 0.6) is 5.75 Å². The monoisotopic (exact) mass is 307 g/mol. The Balaban J connectivity index is 1.88. The maximum atomic E-state index is 12.1. The summed E-state index contributed by atoms with van der Waals surface area (Å²) < 4.78 is 44.9. The van der Waals surface area contributed by atoms with E-state index in [1.807, 2.05) is 0 Å². The molecule has 1 aliphatic heterocycles. The topological polar surface area (TPSA) is 51.0 Å². The zero-order valence-corrected chi connectivity index (χ0v) is 11.0. The highest BCUT2D eigenvalue weighted by Gasteiger charge is 2.31. The third-order valence-corrected chi connectivity index (χ3v) is 3.13. The normalized spacial score (nSPS) is 13.5. The van der Waals surface area contributed by atoms with Gasteiger partial charge in [-0.3, -0.25) is 0 Å². The van der Waals surface area contributed by atoms with Gasteiger partial charge in [0.1, 0.15) is 5.75 Å². The van der Waals surface area contributed by atoms with Gasteiger partial charge in [0.15, 0.2) is 0 Å². The zero-order chi connectivity index (χ0) is 15.7. The van der Waals surface area contributed by atoms with E-state index >= 15 is 0 Å². The first-order valence-electron chi connectivity index (χ1n) is 6.30. The van der Waals surface area contributed by atoms with Crippen molar-refractivity contribution in [3.63, 3.8) is 0 Å². The fourth-order valence-corrected chi connectivity index (χ4v) is 2.14. The zero-order valence-electron chi connectivity index (χ0n) is 11.0. The van der Waals surface area contributed by atoms with Crippen LogP contribution in [-0.2, 0) is 4.76 Å². The molecule has 3 rings (SSSR count). The average Bonchev–Trinajstić information content (AvgIpc) is 2.46. The van der Waals surface area contributed by atoms with Gasteiger partial charge in [-0.15, -0.1) is 18.3 Å². The molecule has 2 aromatic rings. The summed E-state index contributed by atoms with van der Waals surface area (Å²) in [6.45, 7) is 0. The lowest BCUT2D eigenvalue weighted by atomic mass is 9.75. The van der Waals surface area contributed by atoms with Crippen molar-refractivity contribution in [1.82, 2.24) is 0 Å². The van der Waals surface area contributed by atoms with Crippen LogP contribution in [0.25, 0.3) is 11.1 Å². The molecular formula is C14H9BF3NO3. The van der Waals surface area contributed by atoms with Crippen molar-refractivity contribution in [3.05, 3.63) is 48.0 Å². The molecule has 1 aliphatic rings. The first kappa shape index (κ1) is 14.5. The Kier molecular flexibility index (Phi) is 3.54. The second-order valence-electron chi connectivity index (χ2n) is 4.61. The van der Waals surface area contributed by atoms with Crippen LogP contribution in [0.4, 0.5) is 13.2 Å². The highest BCUT2D eigenvalue weighted by atomic mass is 19.4. The van der Waals surface area contributed by atoms with Crippen molar-refractivity contribution in [2.24, 2.45) is 5.16 Å². The Labute approximate surface area is 123 Å². The first-order valence-corrected chi connectivity index (χ1v) is 6.30. The molecule has 0 aliphatic carbocycles. The number of ether oxygens (including phenoxy) is 1. The van der Waals surface area contributed by atoms with Crippen molar-refractivity contribution in [2.45, 2.75) is 6.36 Å². The molecule has 0 saturated carbocycles. The Morgan fingerprint density at radius 1 is 1.05 bits per heavy atom. The van der Waals surface area contributed by atoms with Crippen LogP contribution in [0.3, 0.4) is 0 Å². The Hall–Kier alpha value is -2.48. The summed E-state index contributed by atoms with van der Waals surface area (Å²) in [7, 11) is -1.11. The Morgan fingerprint density at radius 2 is 1.73 bits per heavy atom. The van der Waals surface area contributed by atoms with Gasteiger partial charge in [0, 0.05) is 5.46 Å². The van der Waals surface area contributed by atoms with Gasteiger partial charge in [-0.2, -0.15) is 0 Å². The van der Waals surface area contributed by atoms with Gasteiger partial charge in [-0.25, -0.2) is 0 Å². The third-order valence-electron chi connectivity index (χ3n) is 3.13. The van der Waals surface area contributed by atoms with Gasteiger partial charge >= 0.3 is 13.5 Å². The fraction of sp³-hybridized carbons (Fsp3) is 0.0714. The average molecular weight is 307 g/mol. The smallest absolute Gasteiger partial charge is 0.427 e. The minimum absolute atomic E-state index is 0.278. The van der Waals surface area contributed by atoms with Crippen LogP contribution in [0.1, 0.15) is 5.56 Å². The number of rotatable bonds is 2. The molecule has 8 heteroatoms. The predicted octanol–water partition coefficient (Wildman–Crippen LogP) is 2.30. The van der Waals surface area contributed by atoms with Crippen LogP contribution in [0.2, 0.25) is 0 Å². The highest BCUT2D eigenvalue weighted by molar-refractivity contribution is 6.62. The van der Waals surface area contributed by atoms with Gasteiger partial charge in [-0.05, 0) is 34.9 Å². The van der Waals surface area contributed by atoms with E-state index in [9.17, 15) is 18.2 Å². The van der Waals surface area contributed by atoms with E-state index in [2.05, 4.69) is 9.89 Å². The molecule has 22 heavy (non-hydrogen) atoms. The standard InChI is InChI=1S/C14H9BF3NO3/c16-14(17,18)21-12-4-1-9(2-5-12)10-3-6-13-11(7-10)8-19-22-15(13)20/h1-8,20H. The van der Waals surface area contributed by atoms with Crippen LogP contribution >= 0.6 is 0 Å². The number of fused-ring (bicyclic) bond motifs is 1. The molecule has 0 radical (unpaired) electrons. The maximum Gasteiger partial charge on any atom is 0.583 e. The van der Waals surface area contributed by atoms with Crippen molar-refractivity contribution in [3.8, 4) is 16.9 Å². The minimum Gasteiger partial charge on any atom is -0.427 e. The molecule has 2 aromatic carbocycles. The molecule has 0 saturated heterocycles. The van der Waals surface area contributed by atoms with Crippen molar-refractivity contribution >= 4 is 18.8 Å². The maximum absolute atomic E-state index is 12.1. The number of hydrogen-bond acceptors (Lipinski definition) is 4. The predicted molar refractivity (Wildman–Crippen MR) is 74.8 cm³/mol. The van der Waals surface area contributed by atoms with Gasteiger partial charge < -0.3 is 14.5 Å². The molecule has 0 bridgehead atoms. The summed E-state index contributed by atoms with van der Waals surface area (Å²) in [6.07, 6.45) is -3.24. The number of alkyl halides is 3. The van der Waals surface area contributed by atoms with Crippen LogP contribution in [0.15, 0.2) is 47.6 Å². The van der Waals surface area contributed by atoms with Gasteiger partial charge in [-0.1, -0.05) is 24.3 Å². The molecule has 0 unspecified atom stereocenters. The number of nitrogens with zero attached hydrogens (tertiary/aromatic N) is 1. The van der Waals surface area contributed by atoms with Crippen molar-refractivity contribution in [1.29, 1.82) is 0 Å². The minimum atomic E-state index is -4.71. The lowest BCUT2D eigenvalue weighted by molar-refractivity contribution is -0.274. The summed E-state index contributed by atoms with van der Waals surface area (Å²) >= 11 is 0. The quantitative estimate of drug-likeness (QED) is 0.866. The van der Waals surface area contributed by atoms with Gasteiger partial charge in [0.05, 0.1) is 6.21 Å². The van der Waals surface area contributed by atoms with E-state index in [1.54, 1.807) is 18.2 Å². The van der Waals surface area contributed by atoms with Crippen LogP contribution in [0, 0.1) is 0 Å². The third kappa shape index (κ3) is 3.06. The molecule has 4 nitrogen and oxygen atoms in total. The Bertz CT molecular complexity index is 716. The van der Waals surface area contributed by atoms with E-state index in [-0.39, 0.29) is 5.75 Å². The molecule has 0 atom stereocenters. The summed E-state index contributed by atoms with van der Waals surface area (Å²) in [5.41, 5.74) is 2.76. The summed E-state index contributed by atoms with van der Waals surface area (Å²) in [5, 5.41) is 13.2. The largest absolute Gasteiger partial charge is 0.583 e. The number of hydrogen-bond donors (Lipinski definition) is 1. The molecule has 1 N–H and O–H groups in total. The lowest BCUT2D eigenvalue weighted by Gasteiger charge is -2.14. The van der Waals surface area contributed by atoms with E-state index < -0.39 is 13.5 Å². The van der Waals surface area contributed by atoms with E-state index in [0.29, 0.717) is 16.6 Å². The van der Waals surface area contributed by atoms with Crippen LogP contribution < -0.4 is 10.2 Å². The fourth-order valence-electron chi connectivity index (χ4n) is 2.14. The van der Waals surface area contributed by atoms with E-state index in [1.165, 1.54) is 30.5 Å². The van der Waals surface area contributed by atoms with Crippen molar-refractivity contribution < 1.29 is 27.7 Å². The Morgan fingerprint density at radius 3 is 2.41 bits per heavy atom. The lowest BCUT2D eigenvalue weighted by Crippen LogP contribution is -2.37. The summed E-state index contributed by atoms with van der Waals surface area (Å²) in [6, 6.07) is 10.7. The molecular weight excluding hydrogens is 298 g/mol. The highest BCUT2D eigenvalue weighted by Crippen LogP contribution is 2.26. The molecule has 1 heterocycles. The number of halogens is 3. The molecule has 112 valence electrons. The molecule has 0 fully saturated rings. The number of oxime groups is 1. The SMILES string of the molecule is OB1ON=Cc2cc(-c3ccc(OC(F)(F)F)cc3)ccc21. The summed E-state index contributed by atoms with van der Waals surface area (Å²) in [5.74, 6) is -0.278. The molecule has 0 spiro atoms. The number of benzene rings is 2.